The molecule has 0 heterocycles. The molecule has 0 amide bonds. The second-order valence-corrected chi connectivity index (χ2v) is 15.8. The van der Waals surface area contributed by atoms with E-state index in [-0.39, 0.29) is 0 Å². The van der Waals surface area contributed by atoms with Gasteiger partial charge in [-0.3, -0.25) is 0 Å². The van der Waals surface area contributed by atoms with Gasteiger partial charge in [-0.2, -0.15) is 52.7 Å². The lowest BCUT2D eigenvalue weighted by Crippen LogP contribution is -2.30. The van der Waals surface area contributed by atoms with Gasteiger partial charge in [-0.1, -0.05) is 96.1 Å². The van der Waals surface area contributed by atoms with E-state index < -0.39 is 57.8 Å². The van der Waals surface area contributed by atoms with Crippen molar-refractivity contribution in [1.29, 1.82) is 0 Å². The SMILES string of the molecule is Cc1ccc2c(c1)C(c1ccc(C(F)(F)F)cc1)(c1ccc(C(F)(F)F)cc1)c1cc3c(cc1-2)C(c1ccc(C(F)(F)F)cc1)(c1ccc(C(F)(F)F)cc1)c1cc(C)ccc1-3. The second-order valence-electron chi connectivity index (χ2n) is 15.8. The van der Waals surface area contributed by atoms with E-state index in [0.29, 0.717) is 66.8 Å². The molecule has 12 heteroatoms. The average Bonchev–Trinajstić information content (AvgIpc) is 3.65. The number of fused-ring (bicyclic) bond motifs is 6. The summed E-state index contributed by atoms with van der Waals surface area (Å²) in [7, 11) is 0. The number of hydrogen-bond donors (Lipinski definition) is 0. The van der Waals surface area contributed by atoms with Crippen LogP contribution in [0.3, 0.4) is 0 Å². The summed E-state index contributed by atoms with van der Waals surface area (Å²) in [5.41, 5.74) is 0.220. The highest BCUT2D eigenvalue weighted by molar-refractivity contribution is 5.94. The van der Waals surface area contributed by atoms with Crippen molar-refractivity contribution in [3.05, 3.63) is 223 Å². The summed E-state index contributed by atoms with van der Waals surface area (Å²) in [5, 5.41) is 0. The molecule has 0 radical (unpaired) electrons. The standard InChI is InChI=1S/C50H30F12/c1-27-3-21-37-39-25-44-40(26-43(39)45(41(37)23-27,29-5-13-33(14-6-29)47(51,52)53)30-7-15-34(16-8-30)48(54,55)56)38-22-4-28(2)24-42(38)46(44,31-9-17-35(18-10-31)49(57,58)59)32-11-19-36(20-12-32)50(60,61)62/h3-26H,1-2H3. The van der Waals surface area contributed by atoms with Gasteiger partial charge in [-0.05, 0) is 141 Å². The largest absolute Gasteiger partial charge is 0.416 e. The molecule has 0 aromatic heterocycles. The Morgan fingerprint density at radius 2 is 0.500 bits per heavy atom. The summed E-state index contributed by atoms with van der Waals surface area (Å²) in [6.07, 6.45) is -18.8. The monoisotopic (exact) mass is 858 g/mol. The summed E-state index contributed by atoms with van der Waals surface area (Å²) in [4.78, 5) is 0. The molecule has 0 atom stereocenters. The molecule has 314 valence electrons. The first kappa shape index (κ1) is 41.1. The fourth-order valence-corrected chi connectivity index (χ4v) is 9.58. The van der Waals surface area contributed by atoms with Crippen LogP contribution >= 0.6 is 0 Å². The van der Waals surface area contributed by atoms with Gasteiger partial charge >= 0.3 is 24.7 Å². The maximum absolute atomic E-state index is 14.0. The van der Waals surface area contributed by atoms with Gasteiger partial charge in [0.1, 0.15) is 0 Å². The molecule has 0 saturated carbocycles. The Labute approximate surface area is 347 Å². The molecule has 2 aliphatic carbocycles. The molecule has 0 fully saturated rings. The number of alkyl halides is 12. The van der Waals surface area contributed by atoms with Gasteiger partial charge in [0.05, 0.1) is 33.1 Å². The Morgan fingerprint density at radius 3 is 0.726 bits per heavy atom. The third-order valence-electron chi connectivity index (χ3n) is 12.3. The second kappa shape index (κ2) is 13.6. The van der Waals surface area contributed by atoms with Crippen LogP contribution in [-0.4, -0.2) is 0 Å². The lowest BCUT2D eigenvalue weighted by molar-refractivity contribution is -0.138. The summed E-state index contributed by atoms with van der Waals surface area (Å²) in [5.74, 6) is 0. The Hall–Kier alpha value is -6.30. The first-order valence-corrected chi connectivity index (χ1v) is 19.2. The van der Waals surface area contributed by atoms with Gasteiger partial charge < -0.3 is 0 Å². The minimum Gasteiger partial charge on any atom is -0.166 e. The fraction of sp³-hybridized carbons (Fsp3) is 0.160. The van der Waals surface area contributed by atoms with E-state index >= 15 is 0 Å². The molecule has 62 heavy (non-hydrogen) atoms. The number of benzene rings is 7. The lowest BCUT2D eigenvalue weighted by atomic mass is 9.65. The van der Waals surface area contributed by atoms with Crippen LogP contribution in [-0.2, 0) is 35.5 Å². The topological polar surface area (TPSA) is 0 Å². The third-order valence-corrected chi connectivity index (χ3v) is 12.3. The molecule has 2 aliphatic rings. The predicted octanol–water partition coefficient (Wildman–Crippen LogP) is 15.1. The van der Waals surface area contributed by atoms with Gasteiger partial charge in [-0.25, -0.2) is 0 Å². The van der Waals surface area contributed by atoms with Crippen LogP contribution in [0, 0.1) is 13.8 Å². The lowest BCUT2D eigenvalue weighted by Gasteiger charge is -2.36. The van der Waals surface area contributed by atoms with Crippen molar-refractivity contribution >= 4 is 0 Å². The Balaban J connectivity index is 1.42. The molecule has 7 aromatic carbocycles. The molecule has 0 bridgehead atoms. The average molecular weight is 859 g/mol. The molecular weight excluding hydrogens is 829 g/mol. The van der Waals surface area contributed by atoms with Crippen LogP contribution in [0.2, 0.25) is 0 Å². The predicted molar refractivity (Wildman–Crippen MR) is 211 cm³/mol. The van der Waals surface area contributed by atoms with Crippen molar-refractivity contribution in [2.75, 3.05) is 0 Å². The summed E-state index contributed by atoms with van der Waals surface area (Å²) in [6.45, 7) is 3.60. The third kappa shape index (κ3) is 6.15. The van der Waals surface area contributed by atoms with Gasteiger partial charge in [0, 0.05) is 0 Å². The van der Waals surface area contributed by atoms with E-state index in [1.165, 1.54) is 48.5 Å². The number of aryl methyl sites for hydroxylation is 2. The zero-order valence-corrected chi connectivity index (χ0v) is 32.4. The van der Waals surface area contributed by atoms with E-state index in [1.807, 2.05) is 36.4 Å². The van der Waals surface area contributed by atoms with E-state index in [2.05, 4.69) is 0 Å². The quantitative estimate of drug-likeness (QED) is 0.155. The number of hydrogen-bond acceptors (Lipinski definition) is 0. The first-order chi connectivity index (χ1) is 29.0. The van der Waals surface area contributed by atoms with Crippen LogP contribution in [0.1, 0.15) is 77.9 Å². The zero-order chi connectivity index (χ0) is 44.4. The Bertz CT molecular complexity index is 2560. The molecule has 0 unspecified atom stereocenters. The van der Waals surface area contributed by atoms with Gasteiger partial charge in [-0.15, -0.1) is 0 Å². The molecular formula is C50H30F12. The van der Waals surface area contributed by atoms with Crippen molar-refractivity contribution < 1.29 is 52.7 Å². The summed E-state index contributed by atoms with van der Waals surface area (Å²) >= 11 is 0. The normalized spacial score (nSPS) is 15.2. The summed E-state index contributed by atoms with van der Waals surface area (Å²) < 4.78 is 168. The van der Waals surface area contributed by atoms with E-state index in [9.17, 15) is 52.7 Å². The molecule has 0 nitrogen and oxygen atoms in total. The van der Waals surface area contributed by atoms with Crippen molar-refractivity contribution in [2.24, 2.45) is 0 Å². The number of halogens is 12. The van der Waals surface area contributed by atoms with Crippen molar-refractivity contribution in [1.82, 2.24) is 0 Å². The van der Waals surface area contributed by atoms with Gasteiger partial charge in [0.2, 0.25) is 0 Å². The minimum atomic E-state index is -4.70. The van der Waals surface area contributed by atoms with E-state index in [1.54, 1.807) is 26.0 Å². The highest BCUT2D eigenvalue weighted by atomic mass is 19.4. The first-order valence-electron chi connectivity index (χ1n) is 19.2. The van der Waals surface area contributed by atoms with Crippen LogP contribution < -0.4 is 0 Å². The molecule has 0 N–H and O–H groups in total. The molecule has 0 aliphatic heterocycles. The molecule has 9 rings (SSSR count). The maximum atomic E-state index is 14.0. The Morgan fingerprint density at radius 1 is 0.274 bits per heavy atom. The van der Waals surface area contributed by atoms with Crippen LogP contribution in [0.5, 0.6) is 0 Å². The van der Waals surface area contributed by atoms with Crippen molar-refractivity contribution in [3.8, 4) is 22.3 Å². The Kier molecular flexibility index (Phi) is 9.01. The minimum absolute atomic E-state index is 0.315. The summed E-state index contributed by atoms with van der Waals surface area (Å²) in [6, 6.07) is 32.3. The molecule has 0 saturated heterocycles. The number of rotatable bonds is 4. The molecule has 0 spiro atoms. The van der Waals surface area contributed by atoms with Gasteiger partial charge in [0.15, 0.2) is 0 Å². The fourth-order valence-electron chi connectivity index (χ4n) is 9.58. The van der Waals surface area contributed by atoms with Crippen molar-refractivity contribution in [3.63, 3.8) is 0 Å². The highest BCUT2D eigenvalue weighted by Crippen LogP contribution is 2.63. The van der Waals surface area contributed by atoms with E-state index in [4.69, 9.17) is 0 Å². The van der Waals surface area contributed by atoms with Gasteiger partial charge in [0.25, 0.3) is 0 Å². The molecule has 7 aromatic rings. The maximum Gasteiger partial charge on any atom is 0.416 e. The van der Waals surface area contributed by atoms with Crippen LogP contribution in [0.25, 0.3) is 22.3 Å². The van der Waals surface area contributed by atoms with E-state index in [0.717, 1.165) is 59.7 Å². The smallest absolute Gasteiger partial charge is 0.166 e. The van der Waals surface area contributed by atoms with Crippen LogP contribution in [0.4, 0.5) is 52.7 Å². The van der Waals surface area contributed by atoms with Crippen molar-refractivity contribution in [2.45, 2.75) is 49.4 Å². The highest BCUT2D eigenvalue weighted by Gasteiger charge is 2.52. The van der Waals surface area contributed by atoms with Crippen LogP contribution in [0.15, 0.2) is 146 Å². The zero-order valence-electron chi connectivity index (χ0n) is 32.4.